The van der Waals surface area contributed by atoms with Crippen molar-refractivity contribution in [1.29, 1.82) is 0 Å². The molecule has 0 amide bonds. The lowest BCUT2D eigenvalue weighted by Crippen LogP contribution is -2.63. The summed E-state index contributed by atoms with van der Waals surface area (Å²) in [5, 5.41) is 28.9. The van der Waals surface area contributed by atoms with Crippen LogP contribution in [0, 0.1) is 17.5 Å². The molecule has 2 saturated heterocycles. The predicted molar refractivity (Wildman–Crippen MR) is 116 cm³/mol. The quantitative estimate of drug-likeness (QED) is 0.401. The van der Waals surface area contributed by atoms with E-state index in [-0.39, 0.29) is 23.4 Å². The van der Waals surface area contributed by atoms with Crippen molar-refractivity contribution >= 4 is 5.97 Å². The fourth-order valence-corrected chi connectivity index (χ4v) is 4.62. The van der Waals surface area contributed by atoms with E-state index in [2.05, 4.69) is 10.3 Å². The molecular formula is C24H22F3N3O6. The van der Waals surface area contributed by atoms with Gasteiger partial charge in [-0.15, -0.1) is 5.10 Å². The number of aliphatic hydroxyl groups is 2. The first-order valence-electron chi connectivity index (χ1n) is 11.3. The van der Waals surface area contributed by atoms with Crippen molar-refractivity contribution in [2.75, 3.05) is 13.2 Å². The Morgan fingerprint density at radius 1 is 1.19 bits per heavy atom. The number of hydrogen-bond acceptors (Lipinski definition) is 8. The van der Waals surface area contributed by atoms with E-state index >= 15 is 0 Å². The van der Waals surface area contributed by atoms with Gasteiger partial charge in [-0.3, -0.25) is 0 Å². The number of aromatic nitrogens is 3. The molecular weight excluding hydrogens is 483 g/mol. The van der Waals surface area contributed by atoms with Gasteiger partial charge in [0, 0.05) is 12.0 Å². The fraction of sp³-hybridized carbons (Fsp3) is 0.375. The van der Waals surface area contributed by atoms with Crippen LogP contribution in [0.4, 0.5) is 13.2 Å². The van der Waals surface area contributed by atoms with E-state index in [4.69, 9.17) is 14.2 Å². The largest absolute Gasteiger partial charge is 0.451 e. The summed E-state index contributed by atoms with van der Waals surface area (Å²) in [7, 11) is 0. The van der Waals surface area contributed by atoms with Crippen LogP contribution in [0.15, 0.2) is 48.7 Å². The maximum atomic E-state index is 13.8. The molecule has 36 heavy (non-hydrogen) atoms. The third kappa shape index (κ3) is 4.26. The van der Waals surface area contributed by atoms with Crippen molar-refractivity contribution in [2.45, 2.75) is 43.0 Å². The van der Waals surface area contributed by atoms with Crippen LogP contribution >= 0.6 is 0 Å². The summed E-state index contributed by atoms with van der Waals surface area (Å²) in [6, 6.07) is 8.54. The van der Waals surface area contributed by atoms with E-state index in [1.54, 1.807) is 30.3 Å². The summed E-state index contributed by atoms with van der Waals surface area (Å²) in [6.07, 6.45) is -1.65. The minimum Gasteiger partial charge on any atom is -0.451 e. The van der Waals surface area contributed by atoms with Gasteiger partial charge in [-0.2, -0.15) is 0 Å². The minimum absolute atomic E-state index is 0.0263. The number of benzene rings is 2. The molecule has 9 nitrogen and oxygen atoms in total. The molecule has 0 saturated carbocycles. The Hall–Kier alpha value is -3.32. The third-order valence-corrected chi connectivity index (χ3v) is 6.36. The molecule has 5 rings (SSSR count). The highest BCUT2D eigenvalue weighted by molar-refractivity contribution is 5.89. The zero-order valence-electron chi connectivity index (χ0n) is 18.8. The smallest absolute Gasteiger partial charge is 0.338 e. The van der Waals surface area contributed by atoms with Gasteiger partial charge in [0.2, 0.25) is 5.79 Å². The lowest BCUT2D eigenvalue weighted by Gasteiger charge is -2.48. The Morgan fingerprint density at radius 2 is 1.92 bits per heavy atom. The normalized spacial score (nSPS) is 27.9. The number of carbonyl (C=O) groups is 1. The molecule has 2 N–H and O–H groups in total. The van der Waals surface area contributed by atoms with Gasteiger partial charge in [0.25, 0.3) is 0 Å². The van der Waals surface area contributed by atoms with Gasteiger partial charge >= 0.3 is 5.97 Å². The van der Waals surface area contributed by atoms with E-state index < -0.39 is 60.2 Å². The molecule has 0 radical (unpaired) electrons. The maximum Gasteiger partial charge on any atom is 0.338 e. The van der Waals surface area contributed by atoms with Crippen LogP contribution in [0.25, 0.3) is 11.3 Å². The molecule has 2 fully saturated rings. The Bertz CT molecular complexity index is 1230. The topological polar surface area (TPSA) is 116 Å². The van der Waals surface area contributed by atoms with Crippen LogP contribution in [-0.2, 0) is 14.2 Å². The van der Waals surface area contributed by atoms with Crippen LogP contribution < -0.4 is 0 Å². The minimum atomic E-state index is -1.62. The van der Waals surface area contributed by atoms with Crippen LogP contribution in [0.5, 0.6) is 0 Å². The van der Waals surface area contributed by atoms with E-state index in [0.29, 0.717) is 12.8 Å². The van der Waals surface area contributed by atoms with Crippen molar-refractivity contribution in [1.82, 2.24) is 15.0 Å². The van der Waals surface area contributed by atoms with Crippen molar-refractivity contribution in [3.05, 3.63) is 71.7 Å². The van der Waals surface area contributed by atoms with Gasteiger partial charge < -0.3 is 24.4 Å². The van der Waals surface area contributed by atoms with Gasteiger partial charge in [0.1, 0.15) is 23.9 Å². The molecule has 190 valence electrons. The van der Waals surface area contributed by atoms with Gasteiger partial charge in [-0.1, -0.05) is 23.4 Å². The molecule has 0 aliphatic carbocycles. The first-order chi connectivity index (χ1) is 17.3. The molecule has 3 aromatic rings. The summed E-state index contributed by atoms with van der Waals surface area (Å²) in [5.74, 6) is -6.62. The molecule has 2 aliphatic heterocycles. The Balaban J connectivity index is 1.55. The van der Waals surface area contributed by atoms with E-state index in [9.17, 15) is 28.2 Å². The second-order valence-corrected chi connectivity index (χ2v) is 8.61. The number of halogens is 3. The second kappa shape index (κ2) is 9.62. The lowest BCUT2D eigenvalue weighted by molar-refractivity contribution is -0.337. The van der Waals surface area contributed by atoms with E-state index in [0.717, 1.165) is 16.8 Å². The molecule has 0 unspecified atom stereocenters. The molecule has 1 aromatic heterocycles. The Morgan fingerprint density at radius 3 is 2.56 bits per heavy atom. The van der Waals surface area contributed by atoms with Crippen molar-refractivity contribution in [2.24, 2.45) is 0 Å². The third-order valence-electron chi connectivity index (χ3n) is 6.36. The Kier molecular flexibility index (Phi) is 6.51. The SMILES string of the molecule is O=C(O[C@H]1[C@@H](n2cc(-c3cc(F)c(F)c(F)c3)nn2)[C@@H](O)[C@@H](CO)O[C@@]12CCCO2)c1ccccc1. The van der Waals surface area contributed by atoms with Gasteiger partial charge in [0.05, 0.1) is 25.0 Å². The van der Waals surface area contributed by atoms with Gasteiger partial charge in [-0.05, 0) is 30.7 Å². The number of ether oxygens (including phenoxy) is 3. The zero-order chi connectivity index (χ0) is 25.4. The second-order valence-electron chi connectivity index (χ2n) is 8.61. The first kappa shape index (κ1) is 24.4. The fourth-order valence-electron chi connectivity index (χ4n) is 4.62. The monoisotopic (exact) mass is 505 g/mol. The summed E-state index contributed by atoms with van der Waals surface area (Å²) in [4.78, 5) is 13.0. The van der Waals surface area contributed by atoms with Crippen LogP contribution in [0.2, 0.25) is 0 Å². The summed E-state index contributed by atoms with van der Waals surface area (Å²) < 4.78 is 59.8. The standard InChI is InChI=1S/C24H22F3N3O6/c25-15-9-14(10-16(26)19(15)27)17-11-30(29-28-17)20-21(32)18(12-31)36-24(7-4-8-34-24)22(20)35-23(33)13-5-2-1-3-6-13/h1-3,5-6,9-11,18,20-22,31-32H,4,7-8,12H2/t18-,20+,21+,22+,24+/m1/s1. The molecule has 0 bridgehead atoms. The number of carbonyl (C=O) groups excluding carboxylic acids is 1. The summed E-state index contributed by atoms with van der Waals surface area (Å²) in [5.41, 5.74) is 0.129. The molecule has 3 heterocycles. The predicted octanol–water partition coefficient (Wildman–Crippen LogP) is 2.39. The highest BCUT2D eigenvalue weighted by Gasteiger charge is 2.59. The number of esters is 1. The Labute approximate surface area is 203 Å². The summed E-state index contributed by atoms with van der Waals surface area (Å²) in [6.45, 7) is -0.283. The number of aliphatic hydroxyl groups excluding tert-OH is 2. The number of rotatable bonds is 5. The van der Waals surface area contributed by atoms with Crippen molar-refractivity contribution in [3.8, 4) is 11.3 Å². The van der Waals surface area contributed by atoms with Gasteiger partial charge in [0.15, 0.2) is 23.6 Å². The van der Waals surface area contributed by atoms with Gasteiger partial charge in [-0.25, -0.2) is 22.6 Å². The molecule has 5 atom stereocenters. The highest BCUT2D eigenvalue weighted by Crippen LogP contribution is 2.45. The van der Waals surface area contributed by atoms with Crippen LogP contribution in [-0.4, -0.2) is 68.5 Å². The average molecular weight is 505 g/mol. The van der Waals surface area contributed by atoms with Crippen molar-refractivity contribution < 1.29 is 42.4 Å². The van der Waals surface area contributed by atoms with E-state index in [1.807, 2.05) is 0 Å². The lowest BCUT2D eigenvalue weighted by atomic mass is 9.88. The van der Waals surface area contributed by atoms with Crippen LogP contribution in [0.1, 0.15) is 29.2 Å². The highest BCUT2D eigenvalue weighted by atomic mass is 19.2. The average Bonchev–Trinajstić information content (AvgIpc) is 3.56. The number of hydrogen-bond donors (Lipinski definition) is 2. The first-order valence-corrected chi connectivity index (χ1v) is 11.3. The molecule has 12 heteroatoms. The van der Waals surface area contributed by atoms with E-state index in [1.165, 1.54) is 6.20 Å². The summed E-state index contributed by atoms with van der Waals surface area (Å²) >= 11 is 0. The maximum absolute atomic E-state index is 13.8. The van der Waals surface area contributed by atoms with Crippen LogP contribution in [0.3, 0.4) is 0 Å². The molecule has 2 aromatic carbocycles. The molecule has 1 spiro atoms. The van der Waals surface area contributed by atoms with Crippen molar-refractivity contribution in [3.63, 3.8) is 0 Å². The number of nitrogens with zero attached hydrogens (tertiary/aromatic N) is 3. The molecule has 2 aliphatic rings. The zero-order valence-corrected chi connectivity index (χ0v) is 18.8.